The quantitative estimate of drug-likeness (QED) is 0.492. The molecule has 1 nitrogen and oxygen atoms in total. The minimum absolute atomic E-state index is 0.0260. The van der Waals surface area contributed by atoms with Gasteiger partial charge >= 0.3 is 0 Å². The topological polar surface area (TPSA) is 17.1 Å². The third-order valence-corrected chi connectivity index (χ3v) is 5.20. The predicted molar refractivity (Wildman–Crippen MR) is 103 cm³/mol. The number of carbonyl (C=O) groups excluding carboxylic acids is 1. The molecule has 0 amide bonds. The normalized spacial score (nSPS) is 17.9. The average Bonchev–Trinajstić information content (AvgIpc) is 2.87. The summed E-state index contributed by atoms with van der Waals surface area (Å²) in [6.07, 6.45) is 4.80. The van der Waals surface area contributed by atoms with E-state index in [1.807, 2.05) is 0 Å². The molecule has 0 unspecified atom stereocenters. The number of carbonyl (C=O) groups is 1. The fraction of sp³-hybridized carbons (Fsp3) is 0.105. The van der Waals surface area contributed by atoms with Crippen molar-refractivity contribution in [3.8, 4) is 0 Å². The average molecular weight is 398 g/mol. The van der Waals surface area contributed by atoms with Gasteiger partial charge in [0.05, 0.1) is 0 Å². The van der Waals surface area contributed by atoms with Gasteiger partial charge in [0.1, 0.15) is 0 Å². The van der Waals surface area contributed by atoms with Crippen LogP contribution in [0.25, 0.3) is 12.2 Å². The van der Waals surface area contributed by atoms with Gasteiger partial charge in [0, 0.05) is 42.4 Å². The summed E-state index contributed by atoms with van der Waals surface area (Å²) in [5.74, 6) is -0.0260. The van der Waals surface area contributed by atoms with Gasteiger partial charge < -0.3 is 0 Å². The van der Waals surface area contributed by atoms with Gasteiger partial charge in [-0.3, -0.25) is 4.79 Å². The first-order chi connectivity index (χ1) is 11.5. The third kappa shape index (κ3) is 3.55. The molecular formula is C19H12Cl4O. The van der Waals surface area contributed by atoms with Gasteiger partial charge in [-0.2, -0.15) is 0 Å². The second kappa shape index (κ2) is 7.33. The molecule has 1 fully saturated rings. The van der Waals surface area contributed by atoms with Gasteiger partial charge in [-0.1, -0.05) is 58.5 Å². The number of Topliss-reactive ketones (excluding diaryl/α,β-unsaturated/α-hetero) is 1. The highest BCUT2D eigenvalue weighted by Crippen LogP contribution is 2.35. The molecule has 0 radical (unpaired) electrons. The van der Waals surface area contributed by atoms with E-state index in [1.165, 1.54) is 0 Å². The van der Waals surface area contributed by atoms with E-state index in [2.05, 4.69) is 0 Å². The maximum absolute atomic E-state index is 12.7. The Bertz CT molecular complexity index is 769. The molecule has 5 heteroatoms. The van der Waals surface area contributed by atoms with Crippen LogP contribution in [0.15, 0.2) is 47.5 Å². The van der Waals surface area contributed by atoms with Crippen molar-refractivity contribution in [1.82, 2.24) is 0 Å². The fourth-order valence-corrected chi connectivity index (χ4v) is 3.64. The Labute approximate surface area is 160 Å². The van der Waals surface area contributed by atoms with Crippen LogP contribution in [-0.4, -0.2) is 5.78 Å². The van der Waals surface area contributed by atoms with E-state index in [0.717, 1.165) is 0 Å². The van der Waals surface area contributed by atoms with Crippen LogP contribution in [-0.2, 0) is 4.79 Å². The summed E-state index contributed by atoms with van der Waals surface area (Å²) < 4.78 is 0. The van der Waals surface area contributed by atoms with E-state index in [4.69, 9.17) is 46.4 Å². The van der Waals surface area contributed by atoms with Crippen molar-refractivity contribution >= 4 is 64.3 Å². The molecule has 0 aliphatic heterocycles. The number of hydrogen-bond donors (Lipinski definition) is 0. The standard InChI is InChI=1S/C19H12Cl4O/c20-15-3-1-4-16(21)13(15)9-11-7-8-12(19(11)24)10-14-17(22)5-2-6-18(14)23/h1-6,9-10H,7-8H2/b11-9+,12-10+. The zero-order valence-electron chi connectivity index (χ0n) is 12.5. The SMILES string of the molecule is O=C1/C(=C/c2c(Cl)cccc2Cl)CC/C1=C\c1c(Cl)cccc1Cl. The number of hydrogen-bond acceptors (Lipinski definition) is 1. The Hall–Kier alpha value is -1.25. The van der Waals surface area contributed by atoms with E-state index in [-0.39, 0.29) is 5.78 Å². The summed E-state index contributed by atoms with van der Waals surface area (Å²) in [4.78, 5) is 12.7. The third-order valence-electron chi connectivity index (χ3n) is 3.88. The number of benzene rings is 2. The van der Waals surface area contributed by atoms with Crippen molar-refractivity contribution in [3.63, 3.8) is 0 Å². The molecule has 0 N–H and O–H groups in total. The van der Waals surface area contributed by atoms with Crippen LogP contribution in [0.2, 0.25) is 20.1 Å². The largest absolute Gasteiger partial charge is 0.289 e. The monoisotopic (exact) mass is 396 g/mol. The van der Waals surface area contributed by atoms with Crippen LogP contribution in [0.1, 0.15) is 24.0 Å². The Kier molecular flexibility index (Phi) is 5.36. The van der Waals surface area contributed by atoms with E-state index in [0.29, 0.717) is 55.2 Å². The number of ketones is 1. The maximum Gasteiger partial charge on any atom is 0.185 e. The second-order valence-corrected chi connectivity index (χ2v) is 7.07. The lowest BCUT2D eigenvalue weighted by atomic mass is 10.1. The van der Waals surface area contributed by atoms with Gasteiger partial charge in [0.25, 0.3) is 0 Å². The lowest BCUT2D eigenvalue weighted by Crippen LogP contribution is -1.96. The number of allylic oxidation sites excluding steroid dienone is 2. The molecule has 0 spiro atoms. The molecule has 0 bridgehead atoms. The molecule has 3 rings (SSSR count). The maximum atomic E-state index is 12.7. The number of rotatable bonds is 2. The van der Waals surface area contributed by atoms with Crippen LogP contribution >= 0.6 is 46.4 Å². The summed E-state index contributed by atoms with van der Waals surface area (Å²) in [5.41, 5.74) is 2.70. The Morgan fingerprint density at radius 2 is 1.00 bits per heavy atom. The smallest absolute Gasteiger partial charge is 0.185 e. The van der Waals surface area contributed by atoms with Crippen LogP contribution in [0.3, 0.4) is 0 Å². The second-order valence-electron chi connectivity index (χ2n) is 5.44. The molecule has 2 aromatic carbocycles. The van der Waals surface area contributed by atoms with Gasteiger partial charge in [0.2, 0.25) is 0 Å². The Morgan fingerprint density at radius 1 is 0.667 bits per heavy atom. The Morgan fingerprint density at radius 3 is 1.33 bits per heavy atom. The molecule has 24 heavy (non-hydrogen) atoms. The first-order valence-electron chi connectivity index (χ1n) is 7.31. The molecule has 0 aromatic heterocycles. The van der Waals surface area contributed by atoms with Crippen molar-refractivity contribution < 1.29 is 4.79 Å². The predicted octanol–water partition coefficient (Wildman–Crippen LogP) is 7.13. The van der Waals surface area contributed by atoms with Crippen LogP contribution in [0, 0.1) is 0 Å². The van der Waals surface area contributed by atoms with Gasteiger partial charge in [0.15, 0.2) is 5.78 Å². The summed E-state index contributed by atoms with van der Waals surface area (Å²) in [7, 11) is 0. The molecule has 1 saturated carbocycles. The highest BCUT2D eigenvalue weighted by Gasteiger charge is 2.24. The molecular weight excluding hydrogens is 386 g/mol. The van der Waals surface area contributed by atoms with Gasteiger partial charge in [-0.25, -0.2) is 0 Å². The molecule has 1 aliphatic carbocycles. The minimum atomic E-state index is -0.0260. The van der Waals surface area contributed by atoms with Gasteiger partial charge in [-0.05, 0) is 49.3 Å². The summed E-state index contributed by atoms with van der Waals surface area (Å²) >= 11 is 24.7. The lowest BCUT2D eigenvalue weighted by molar-refractivity contribution is -0.111. The summed E-state index contributed by atoms with van der Waals surface area (Å²) in [6, 6.07) is 10.5. The van der Waals surface area contributed by atoms with E-state index >= 15 is 0 Å². The minimum Gasteiger partial charge on any atom is -0.289 e. The van der Waals surface area contributed by atoms with E-state index in [9.17, 15) is 4.79 Å². The molecule has 0 saturated heterocycles. The van der Waals surface area contributed by atoms with Crippen molar-refractivity contribution in [1.29, 1.82) is 0 Å². The number of halogens is 4. The molecule has 1 aliphatic rings. The lowest BCUT2D eigenvalue weighted by Gasteiger charge is -2.04. The van der Waals surface area contributed by atoms with Crippen molar-refractivity contribution in [2.75, 3.05) is 0 Å². The first kappa shape index (κ1) is 17.6. The highest BCUT2D eigenvalue weighted by atomic mass is 35.5. The van der Waals surface area contributed by atoms with Crippen molar-refractivity contribution in [2.45, 2.75) is 12.8 Å². The first-order valence-corrected chi connectivity index (χ1v) is 8.82. The molecule has 0 atom stereocenters. The molecule has 0 heterocycles. The summed E-state index contributed by atoms with van der Waals surface area (Å²) in [5, 5.41) is 2.09. The fourth-order valence-electron chi connectivity index (χ4n) is 2.62. The molecule has 122 valence electrons. The highest BCUT2D eigenvalue weighted by molar-refractivity contribution is 6.38. The van der Waals surface area contributed by atoms with Gasteiger partial charge in [-0.15, -0.1) is 0 Å². The summed E-state index contributed by atoms with van der Waals surface area (Å²) in [6.45, 7) is 0. The van der Waals surface area contributed by atoms with E-state index < -0.39 is 0 Å². The zero-order chi connectivity index (χ0) is 17.3. The zero-order valence-corrected chi connectivity index (χ0v) is 15.5. The molecule has 2 aromatic rings. The van der Waals surface area contributed by atoms with Crippen LogP contribution in [0.4, 0.5) is 0 Å². The van der Waals surface area contributed by atoms with Crippen LogP contribution < -0.4 is 0 Å². The van der Waals surface area contributed by atoms with Crippen molar-refractivity contribution in [2.24, 2.45) is 0 Å². The van der Waals surface area contributed by atoms with Crippen LogP contribution in [0.5, 0.6) is 0 Å². The van der Waals surface area contributed by atoms with E-state index in [1.54, 1.807) is 48.6 Å². The Balaban J connectivity index is 1.96. The van der Waals surface area contributed by atoms with Crippen molar-refractivity contribution in [3.05, 3.63) is 78.8 Å².